The predicted molar refractivity (Wildman–Crippen MR) is 148 cm³/mol. The average molecular weight is 515 g/mol. The van der Waals surface area contributed by atoms with Gasteiger partial charge in [0, 0.05) is 12.1 Å². The fourth-order valence-electron chi connectivity index (χ4n) is 4.02. The van der Waals surface area contributed by atoms with Gasteiger partial charge in [-0.3, -0.25) is 19.2 Å². The molecule has 0 bridgehead atoms. The molecule has 0 fully saturated rings. The van der Waals surface area contributed by atoms with E-state index in [0.717, 1.165) is 16.8 Å². The van der Waals surface area contributed by atoms with Crippen molar-refractivity contribution in [3.05, 3.63) is 95.6 Å². The summed E-state index contributed by atoms with van der Waals surface area (Å²) in [5, 5.41) is 8.72. The van der Waals surface area contributed by atoms with Crippen LogP contribution in [0.4, 0.5) is 11.4 Å². The monoisotopic (exact) mass is 514 g/mol. The summed E-state index contributed by atoms with van der Waals surface area (Å²) in [6, 6.07) is 21.7. The summed E-state index contributed by atoms with van der Waals surface area (Å²) in [6.45, 7) is 5.84. The molecule has 2 atom stereocenters. The van der Waals surface area contributed by atoms with Gasteiger partial charge in [0.25, 0.3) is 11.8 Å². The van der Waals surface area contributed by atoms with Gasteiger partial charge in [0.05, 0.1) is 11.3 Å². The minimum absolute atomic E-state index is 0.0615. The third kappa shape index (κ3) is 8.03. The number of aryl methyl sites for hydroxylation is 1. The molecule has 3 rings (SSSR count). The van der Waals surface area contributed by atoms with E-state index in [4.69, 9.17) is 5.73 Å². The Labute approximate surface area is 223 Å². The predicted octanol–water partition coefficient (Wildman–Crippen LogP) is 3.67. The summed E-state index contributed by atoms with van der Waals surface area (Å²) in [5.74, 6) is -2.98. The van der Waals surface area contributed by atoms with Crippen LogP contribution in [0.2, 0.25) is 0 Å². The Kier molecular flexibility index (Phi) is 9.76. The molecular formula is C30H34N4O4. The Morgan fingerprint density at radius 2 is 1.42 bits per heavy atom. The lowest BCUT2D eigenvalue weighted by atomic mass is 9.99. The first-order valence-electron chi connectivity index (χ1n) is 12.6. The van der Waals surface area contributed by atoms with Crippen molar-refractivity contribution in [2.24, 2.45) is 11.7 Å². The normalized spacial score (nSPS) is 12.3. The van der Waals surface area contributed by atoms with Crippen molar-refractivity contribution in [3.8, 4) is 0 Å². The molecule has 0 aliphatic heterocycles. The Morgan fingerprint density at radius 1 is 0.789 bits per heavy atom. The summed E-state index contributed by atoms with van der Waals surface area (Å²) in [4.78, 5) is 50.9. The second-order valence-electron chi connectivity index (χ2n) is 9.67. The number of ketones is 1. The van der Waals surface area contributed by atoms with Crippen LogP contribution in [0.1, 0.15) is 41.8 Å². The minimum Gasteiger partial charge on any atom is -0.363 e. The van der Waals surface area contributed by atoms with Crippen molar-refractivity contribution in [2.75, 3.05) is 5.32 Å². The number of amides is 3. The first-order valence-corrected chi connectivity index (χ1v) is 12.6. The number of hydrogen-bond acceptors (Lipinski definition) is 5. The van der Waals surface area contributed by atoms with Gasteiger partial charge in [0.1, 0.15) is 12.1 Å². The van der Waals surface area contributed by atoms with Gasteiger partial charge in [-0.05, 0) is 49.1 Å². The lowest BCUT2D eigenvalue weighted by Crippen LogP contribution is -2.54. The van der Waals surface area contributed by atoms with Gasteiger partial charge in [-0.25, -0.2) is 0 Å². The maximum atomic E-state index is 13.4. The molecule has 3 amide bonds. The number of benzene rings is 3. The molecule has 38 heavy (non-hydrogen) atoms. The smallest absolute Gasteiger partial charge is 0.287 e. The van der Waals surface area contributed by atoms with E-state index in [1.54, 1.807) is 42.5 Å². The number of carbonyl (C=O) groups excluding carboxylic acids is 4. The fourth-order valence-corrected chi connectivity index (χ4v) is 4.02. The van der Waals surface area contributed by atoms with Crippen LogP contribution in [0.15, 0.2) is 78.9 Å². The zero-order chi connectivity index (χ0) is 27.7. The number of anilines is 2. The maximum absolute atomic E-state index is 13.4. The molecule has 198 valence electrons. The first-order chi connectivity index (χ1) is 18.1. The lowest BCUT2D eigenvalue weighted by Gasteiger charge is -2.24. The standard InChI is InChI=1S/C30H34N4O4/c1-19(2)17-26(30(38)33-25(27(35)28(31)36)18-21-9-5-4-6-10-21)34-29(37)23-11-7-8-12-24(23)32-22-15-13-20(3)14-16-22/h4-16,19,25-26,32H,17-18H2,1-3H3,(H2,31,36)(H,33,38)(H,34,37)/t25-,26-/m0/s1. The zero-order valence-electron chi connectivity index (χ0n) is 21.9. The molecule has 8 nitrogen and oxygen atoms in total. The molecule has 3 aromatic carbocycles. The van der Waals surface area contributed by atoms with Gasteiger partial charge in [0.15, 0.2) is 0 Å². The number of hydrogen-bond donors (Lipinski definition) is 4. The minimum atomic E-state index is -1.15. The number of nitrogens with two attached hydrogens (primary N) is 1. The number of rotatable bonds is 12. The number of primary amides is 1. The largest absolute Gasteiger partial charge is 0.363 e. The van der Waals surface area contributed by atoms with E-state index in [1.165, 1.54) is 0 Å². The van der Waals surface area contributed by atoms with Gasteiger partial charge in [0.2, 0.25) is 11.7 Å². The molecule has 0 saturated carbocycles. The molecule has 3 aromatic rings. The van der Waals surface area contributed by atoms with Gasteiger partial charge in [-0.1, -0.05) is 74.0 Å². The van der Waals surface area contributed by atoms with Crippen molar-refractivity contribution in [1.82, 2.24) is 10.6 Å². The quantitative estimate of drug-likeness (QED) is 0.274. The zero-order valence-corrected chi connectivity index (χ0v) is 21.9. The van der Waals surface area contributed by atoms with Crippen LogP contribution < -0.4 is 21.7 Å². The maximum Gasteiger partial charge on any atom is 0.287 e. The molecule has 0 saturated heterocycles. The second-order valence-corrected chi connectivity index (χ2v) is 9.67. The van der Waals surface area contributed by atoms with Crippen LogP contribution in [0.5, 0.6) is 0 Å². The van der Waals surface area contributed by atoms with Crippen LogP contribution >= 0.6 is 0 Å². The molecule has 0 aliphatic carbocycles. The fraction of sp³-hybridized carbons (Fsp3) is 0.267. The first kappa shape index (κ1) is 28.1. The van der Waals surface area contributed by atoms with Crippen molar-refractivity contribution < 1.29 is 19.2 Å². The summed E-state index contributed by atoms with van der Waals surface area (Å²) in [6.07, 6.45) is 0.425. The van der Waals surface area contributed by atoms with E-state index < -0.39 is 35.6 Å². The Morgan fingerprint density at radius 3 is 2.05 bits per heavy atom. The van der Waals surface area contributed by atoms with Crippen molar-refractivity contribution in [1.29, 1.82) is 0 Å². The SMILES string of the molecule is Cc1ccc(Nc2ccccc2C(=O)N[C@@H](CC(C)C)C(=O)N[C@@H](Cc2ccccc2)C(=O)C(N)=O)cc1. The number of para-hydroxylation sites is 1. The van der Waals surface area contributed by atoms with Gasteiger partial charge < -0.3 is 21.7 Å². The summed E-state index contributed by atoms with van der Waals surface area (Å²) in [7, 11) is 0. The lowest BCUT2D eigenvalue weighted by molar-refractivity contribution is -0.138. The second kappa shape index (κ2) is 13.2. The number of nitrogens with one attached hydrogen (secondary N) is 3. The van der Waals surface area contributed by atoms with Crippen LogP contribution in [0.25, 0.3) is 0 Å². The van der Waals surface area contributed by atoms with Gasteiger partial charge in [-0.2, -0.15) is 0 Å². The van der Waals surface area contributed by atoms with Gasteiger partial charge >= 0.3 is 0 Å². The highest BCUT2D eigenvalue weighted by Crippen LogP contribution is 2.22. The highest BCUT2D eigenvalue weighted by atomic mass is 16.2. The molecule has 0 unspecified atom stereocenters. The molecule has 0 aromatic heterocycles. The topological polar surface area (TPSA) is 130 Å². The molecule has 0 spiro atoms. The molecule has 0 radical (unpaired) electrons. The third-order valence-electron chi connectivity index (χ3n) is 5.99. The van der Waals surface area contributed by atoms with Crippen LogP contribution in [0.3, 0.4) is 0 Å². The van der Waals surface area contributed by atoms with Crippen molar-refractivity contribution >= 4 is 34.9 Å². The Balaban J connectivity index is 1.80. The van der Waals surface area contributed by atoms with E-state index >= 15 is 0 Å². The van der Waals surface area contributed by atoms with E-state index in [2.05, 4.69) is 16.0 Å². The van der Waals surface area contributed by atoms with Crippen LogP contribution in [0, 0.1) is 12.8 Å². The molecular weight excluding hydrogens is 480 g/mol. The average Bonchev–Trinajstić information content (AvgIpc) is 2.89. The summed E-state index contributed by atoms with van der Waals surface area (Å²) in [5.41, 5.74) is 8.90. The van der Waals surface area contributed by atoms with Crippen molar-refractivity contribution in [2.45, 2.75) is 45.7 Å². The molecule has 0 heterocycles. The van der Waals surface area contributed by atoms with E-state index in [9.17, 15) is 19.2 Å². The number of Topliss-reactive ketones (excluding diaryl/α,β-unsaturated/α-hetero) is 1. The van der Waals surface area contributed by atoms with E-state index in [0.29, 0.717) is 17.7 Å². The van der Waals surface area contributed by atoms with Gasteiger partial charge in [-0.15, -0.1) is 0 Å². The van der Waals surface area contributed by atoms with Crippen molar-refractivity contribution in [3.63, 3.8) is 0 Å². The van der Waals surface area contributed by atoms with Crippen LogP contribution in [-0.4, -0.2) is 35.6 Å². The number of carbonyl (C=O) groups is 4. The van der Waals surface area contributed by atoms with E-state index in [-0.39, 0.29) is 12.3 Å². The Hall–Kier alpha value is -4.46. The summed E-state index contributed by atoms with van der Waals surface area (Å²) >= 11 is 0. The Bertz CT molecular complexity index is 1270. The van der Waals surface area contributed by atoms with E-state index in [1.807, 2.05) is 57.2 Å². The summed E-state index contributed by atoms with van der Waals surface area (Å²) < 4.78 is 0. The molecule has 0 aliphatic rings. The molecule has 5 N–H and O–H groups in total. The van der Waals surface area contributed by atoms with Crippen LogP contribution in [-0.2, 0) is 20.8 Å². The molecule has 8 heteroatoms. The third-order valence-corrected chi connectivity index (χ3v) is 5.99. The highest BCUT2D eigenvalue weighted by Gasteiger charge is 2.30. The highest BCUT2D eigenvalue weighted by molar-refractivity contribution is 6.38.